The molecule has 2 heterocycles. The normalized spacial score (nSPS) is 34.5. The molecule has 0 aromatic carbocycles. The van der Waals surface area contributed by atoms with E-state index in [0.29, 0.717) is 18.4 Å². The quantitative estimate of drug-likeness (QED) is 0.421. The number of hydrogen-bond acceptors (Lipinski definition) is 5. The van der Waals surface area contributed by atoms with Crippen molar-refractivity contribution in [1.82, 2.24) is 4.90 Å². The van der Waals surface area contributed by atoms with Crippen LogP contribution in [0, 0.1) is 11.8 Å². The van der Waals surface area contributed by atoms with E-state index in [1.165, 1.54) is 7.11 Å². The third-order valence-electron chi connectivity index (χ3n) is 4.89. The summed E-state index contributed by atoms with van der Waals surface area (Å²) in [6.07, 6.45) is 0.478. The van der Waals surface area contributed by atoms with E-state index in [0.717, 1.165) is 11.3 Å². The predicted molar refractivity (Wildman–Crippen MR) is 66.3 cm³/mol. The molecule has 0 aromatic rings. The van der Waals surface area contributed by atoms with Crippen LogP contribution in [-0.2, 0) is 14.3 Å². The van der Waals surface area contributed by atoms with Crippen LogP contribution in [0.25, 0.3) is 0 Å². The Morgan fingerprint density at radius 1 is 1.55 bits per heavy atom. The summed E-state index contributed by atoms with van der Waals surface area (Å²) in [6, 6.07) is -0.482. The molecule has 1 aliphatic carbocycles. The molecule has 1 N–H and O–H groups in total. The van der Waals surface area contributed by atoms with Crippen LogP contribution < -0.4 is 34.7 Å². The molecule has 2 fully saturated rings. The fourth-order valence-electron chi connectivity index (χ4n) is 4.07. The van der Waals surface area contributed by atoms with E-state index in [-0.39, 0.29) is 47.3 Å². The Balaban J connectivity index is 0.00000176. The van der Waals surface area contributed by atoms with Crippen LogP contribution in [0.4, 0.5) is 4.39 Å². The number of halogens is 1. The van der Waals surface area contributed by atoms with Gasteiger partial charge in [-0.25, -0.2) is 4.39 Å². The van der Waals surface area contributed by atoms with Gasteiger partial charge in [0.1, 0.15) is 6.67 Å². The Morgan fingerprint density at radius 3 is 2.77 bits per heavy atom. The van der Waals surface area contributed by atoms with Crippen LogP contribution in [0.3, 0.4) is 0 Å². The van der Waals surface area contributed by atoms with Crippen molar-refractivity contribution in [3.8, 4) is 0 Å². The van der Waals surface area contributed by atoms with Crippen LogP contribution >= 0.6 is 0 Å². The fraction of sp³-hybridized carbons (Fsp3) is 0.714. The molecule has 0 bridgehead atoms. The zero-order valence-electron chi connectivity index (χ0n) is 12.6. The molecule has 1 amide bonds. The number of alkyl halides is 1. The van der Waals surface area contributed by atoms with Gasteiger partial charge in [-0.05, 0) is 24.8 Å². The largest absolute Gasteiger partial charge is 1.00 e. The molecule has 1 saturated carbocycles. The molecule has 2 aliphatic heterocycles. The Hall–Kier alpha value is -0.470. The molecule has 3 rings (SSSR count). The van der Waals surface area contributed by atoms with Gasteiger partial charge in [0, 0.05) is 13.0 Å². The van der Waals surface area contributed by atoms with Gasteiger partial charge in [-0.15, -0.1) is 0 Å². The second-order valence-electron chi connectivity index (χ2n) is 5.80. The minimum absolute atomic E-state index is 0. The Bertz CT molecular complexity index is 525. The first-order chi connectivity index (χ1) is 10.0. The van der Waals surface area contributed by atoms with Crippen molar-refractivity contribution in [2.45, 2.75) is 37.5 Å². The predicted octanol–water partition coefficient (Wildman–Crippen LogP) is -4.02. The van der Waals surface area contributed by atoms with Gasteiger partial charge in [0.2, 0.25) is 5.91 Å². The second kappa shape index (κ2) is 6.57. The molecule has 1 saturated heterocycles. The van der Waals surface area contributed by atoms with E-state index in [1.54, 1.807) is 0 Å². The van der Waals surface area contributed by atoms with E-state index in [9.17, 15) is 24.2 Å². The number of aliphatic carboxylic acids is 1. The number of β-lactam (4-membered cyclic amide) rings is 1. The maximum absolute atomic E-state index is 12.7. The number of ether oxygens (including phenoxy) is 1. The van der Waals surface area contributed by atoms with Gasteiger partial charge in [0.25, 0.3) is 0 Å². The van der Waals surface area contributed by atoms with Crippen molar-refractivity contribution in [3.63, 3.8) is 0 Å². The van der Waals surface area contributed by atoms with Crippen molar-refractivity contribution >= 4 is 11.9 Å². The SMILES string of the molecule is CO[C@H]1CCCC2C1=C(C(=O)[O-])N1C(=O)[C@H]([C@H](O)CF)[C@@H]21.[Na+]. The first-order valence-corrected chi connectivity index (χ1v) is 7.08. The zero-order chi connectivity index (χ0) is 15.3. The maximum atomic E-state index is 12.7. The van der Waals surface area contributed by atoms with Gasteiger partial charge in [-0.1, -0.05) is 0 Å². The molecule has 3 aliphatic rings. The second-order valence-corrected chi connectivity index (χ2v) is 5.80. The first-order valence-electron chi connectivity index (χ1n) is 7.08. The van der Waals surface area contributed by atoms with E-state index in [4.69, 9.17) is 4.74 Å². The van der Waals surface area contributed by atoms with E-state index in [2.05, 4.69) is 0 Å². The Kier molecular flexibility index (Phi) is 5.34. The Labute approximate surface area is 149 Å². The molecule has 8 heteroatoms. The fourth-order valence-corrected chi connectivity index (χ4v) is 4.07. The molecule has 5 atom stereocenters. The average molecular weight is 321 g/mol. The number of aliphatic hydroxyl groups excluding tert-OH is 1. The number of amides is 1. The first kappa shape index (κ1) is 17.9. The number of carboxylic acids is 1. The standard InChI is InChI=1S/C14H18FNO5.Na/c1-21-8-4-2-3-6-9(8)12(14(19)20)16-11(6)10(13(16)18)7(17)5-15;/h6-8,10-11,17H,2-5H2,1H3,(H,19,20);/q;+1/p-1/t6?,7-,8+,10-,11-;/m1./s1. The van der Waals surface area contributed by atoms with Gasteiger partial charge in [0.15, 0.2) is 0 Å². The van der Waals surface area contributed by atoms with Gasteiger partial charge < -0.3 is 24.6 Å². The van der Waals surface area contributed by atoms with Gasteiger partial charge in [-0.2, -0.15) is 0 Å². The molecular weight excluding hydrogens is 304 g/mol. The molecule has 6 nitrogen and oxygen atoms in total. The van der Waals surface area contributed by atoms with Gasteiger partial charge >= 0.3 is 29.6 Å². The molecule has 1 unspecified atom stereocenters. The summed E-state index contributed by atoms with van der Waals surface area (Å²) in [7, 11) is 1.50. The monoisotopic (exact) mass is 321 g/mol. The summed E-state index contributed by atoms with van der Waals surface area (Å²) in [6.45, 7) is -1.02. The van der Waals surface area contributed by atoms with Crippen LogP contribution in [0.5, 0.6) is 0 Å². The number of hydrogen-bond donors (Lipinski definition) is 1. The van der Waals surface area contributed by atoms with E-state index >= 15 is 0 Å². The summed E-state index contributed by atoms with van der Waals surface area (Å²) in [5.41, 5.74) is 0.430. The summed E-state index contributed by atoms with van der Waals surface area (Å²) < 4.78 is 18.1. The van der Waals surface area contributed by atoms with Crippen molar-refractivity contribution < 1.29 is 58.5 Å². The van der Waals surface area contributed by atoms with E-state index in [1.807, 2.05) is 0 Å². The zero-order valence-corrected chi connectivity index (χ0v) is 14.6. The smallest absolute Gasteiger partial charge is 0.543 e. The number of carbonyl (C=O) groups excluding carboxylic acids is 2. The summed E-state index contributed by atoms with van der Waals surface area (Å²) >= 11 is 0. The number of carboxylic acid groups (broad SMARTS) is 1. The van der Waals surface area contributed by atoms with Crippen LogP contribution in [0.15, 0.2) is 11.3 Å². The number of rotatable bonds is 4. The molecule has 116 valence electrons. The maximum Gasteiger partial charge on any atom is 1.00 e. The molecule has 0 spiro atoms. The number of fused-ring (bicyclic) bond motifs is 3. The van der Waals surface area contributed by atoms with Gasteiger partial charge in [0.05, 0.1) is 35.8 Å². The van der Waals surface area contributed by atoms with Crippen LogP contribution in [0.1, 0.15) is 19.3 Å². The summed E-state index contributed by atoms with van der Waals surface area (Å²) in [5, 5.41) is 21.1. The molecule has 0 radical (unpaired) electrons. The number of carbonyl (C=O) groups is 2. The Morgan fingerprint density at radius 2 is 2.23 bits per heavy atom. The van der Waals surface area contributed by atoms with Crippen molar-refractivity contribution in [2.24, 2.45) is 11.8 Å². The number of aliphatic hydroxyl groups is 1. The van der Waals surface area contributed by atoms with Crippen LogP contribution in [0.2, 0.25) is 0 Å². The third kappa shape index (κ3) is 2.34. The molecular formula is C14H17FNNaO5. The topological polar surface area (TPSA) is 89.9 Å². The number of nitrogens with zero attached hydrogens (tertiary/aromatic N) is 1. The minimum Gasteiger partial charge on any atom is -0.543 e. The van der Waals surface area contributed by atoms with Crippen molar-refractivity contribution in [1.29, 1.82) is 0 Å². The molecule has 22 heavy (non-hydrogen) atoms. The van der Waals surface area contributed by atoms with Crippen molar-refractivity contribution in [3.05, 3.63) is 11.3 Å². The van der Waals surface area contributed by atoms with Crippen LogP contribution in [-0.4, -0.2) is 53.9 Å². The minimum atomic E-state index is -1.41. The number of methoxy groups -OCH3 is 1. The third-order valence-corrected chi connectivity index (χ3v) is 4.89. The van der Waals surface area contributed by atoms with Crippen molar-refractivity contribution in [2.75, 3.05) is 13.8 Å². The molecule has 0 aromatic heterocycles. The van der Waals surface area contributed by atoms with Gasteiger partial charge in [-0.3, -0.25) is 4.79 Å². The summed E-state index contributed by atoms with van der Waals surface area (Å²) in [5.74, 6) is -3.02. The average Bonchev–Trinajstić information content (AvgIpc) is 2.78. The summed E-state index contributed by atoms with van der Waals surface area (Å²) in [4.78, 5) is 24.7. The van der Waals surface area contributed by atoms with E-state index < -0.39 is 36.6 Å².